The van der Waals surface area contributed by atoms with E-state index in [2.05, 4.69) is 9.97 Å². The first-order valence-electron chi connectivity index (χ1n) is 5.87. The summed E-state index contributed by atoms with van der Waals surface area (Å²) in [6.45, 7) is 0.0838. The third-order valence-corrected chi connectivity index (χ3v) is 4.36. The van der Waals surface area contributed by atoms with Gasteiger partial charge in [-0.3, -0.25) is 13.9 Å². The van der Waals surface area contributed by atoms with Gasteiger partial charge >= 0.3 is 0 Å². The minimum atomic E-state index is -4.07. The maximum Gasteiger partial charge on any atom is 0.270 e. The van der Waals surface area contributed by atoms with Crippen LogP contribution < -0.4 is 5.56 Å². The van der Waals surface area contributed by atoms with Gasteiger partial charge in [-0.05, 0) is 18.7 Å². The van der Waals surface area contributed by atoms with Gasteiger partial charge in [0, 0.05) is 18.1 Å². The van der Waals surface area contributed by atoms with E-state index in [1.54, 1.807) is 12.5 Å². The minimum absolute atomic E-state index is 0.00913. The van der Waals surface area contributed by atoms with Crippen LogP contribution in [0.4, 0.5) is 0 Å². The lowest BCUT2D eigenvalue weighted by molar-refractivity contribution is 0.478. The van der Waals surface area contributed by atoms with Crippen molar-refractivity contribution in [3.05, 3.63) is 27.6 Å². The number of halogens is 1. The molecular weight excluding hydrogens is 338 g/mol. The third kappa shape index (κ3) is 3.94. The summed E-state index contributed by atoms with van der Waals surface area (Å²) >= 11 is 7.20. The highest BCUT2D eigenvalue weighted by atomic mass is 35.5. The van der Waals surface area contributed by atoms with Crippen molar-refractivity contribution in [2.45, 2.75) is 18.1 Å². The molecular formula is C11H12ClN3O4S2. The highest BCUT2D eigenvalue weighted by Crippen LogP contribution is 2.17. The number of hydrogen-bond acceptors (Lipinski definition) is 6. The second kappa shape index (κ2) is 6.30. The van der Waals surface area contributed by atoms with Crippen molar-refractivity contribution in [2.75, 3.05) is 12.0 Å². The number of rotatable bonds is 5. The van der Waals surface area contributed by atoms with E-state index in [-0.39, 0.29) is 18.0 Å². The molecule has 2 rings (SSSR count). The fourth-order valence-electron chi connectivity index (χ4n) is 1.82. The number of thioether (sulfide) groups is 1. The molecule has 7 nitrogen and oxygen atoms in total. The van der Waals surface area contributed by atoms with Gasteiger partial charge in [0.15, 0.2) is 5.16 Å². The van der Waals surface area contributed by atoms with E-state index in [1.165, 1.54) is 22.4 Å². The average molecular weight is 350 g/mol. The largest absolute Gasteiger partial charge is 0.291 e. The topological polar surface area (TPSA) is 102 Å². The predicted molar refractivity (Wildman–Crippen MR) is 81.6 cm³/mol. The Labute approximate surface area is 130 Å². The molecule has 0 atom stereocenters. The number of nitrogens with zero attached hydrogens (tertiary/aromatic N) is 3. The minimum Gasteiger partial charge on any atom is -0.291 e. The summed E-state index contributed by atoms with van der Waals surface area (Å²) in [6.07, 6.45) is 3.43. The lowest BCUT2D eigenvalue weighted by atomic mass is 10.3. The summed E-state index contributed by atoms with van der Waals surface area (Å²) in [4.78, 5) is 20.4. The van der Waals surface area contributed by atoms with E-state index < -0.39 is 21.4 Å². The number of hydrogen-bond donors (Lipinski definition) is 1. The number of pyridine rings is 1. The zero-order chi connectivity index (χ0) is 15.6. The van der Waals surface area contributed by atoms with Crippen LogP contribution in [0.3, 0.4) is 0 Å². The highest BCUT2D eigenvalue weighted by molar-refractivity contribution is 7.98. The second-order valence-corrected chi connectivity index (χ2v) is 6.98. The summed E-state index contributed by atoms with van der Waals surface area (Å²) in [7, 11) is -4.07. The van der Waals surface area contributed by atoms with E-state index in [0.717, 1.165) is 0 Å². The second-order valence-electron chi connectivity index (χ2n) is 4.22. The van der Waals surface area contributed by atoms with Crippen LogP contribution in [0.25, 0.3) is 11.0 Å². The molecule has 0 aliphatic rings. The molecule has 10 heteroatoms. The van der Waals surface area contributed by atoms with E-state index in [4.69, 9.17) is 16.2 Å². The summed E-state index contributed by atoms with van der Waals surface area (Å²) in [5.74, 6) is -0.437. The van der Waals surface area contributed by atoms with Gasteiger partial charge < -0.3 is 0 Å². The molecule has 0 bridgehead atoms. The molecule has 21 heavy (non-hydrogen) atoms. The Hall–Kier alpha value is -1.16. The third-order valence-electron chi connectivity index (χ3n) is 2.73. The monoisotopic (exact) mass is 349 g/mol. The van der Waals surface area contributed by atoms with Crippen molar-refractivity contribution in [3.8, 4) is 0 Å². The lowest BCUT2D eigenvalue weighted by Gasteiger charge is -2.10. The van der Waals surface area contributed by atoms with Gasteiger partial charge in [-0.15, -0.1) is 0 Å². The van der Waals surface area contributed by atoms with Crippen molar-refractivity contribution >= 4 is 44.5 Å². The van der Waals surface area contributed by atoms with Crippen LogP contribution in [0, 0.1) is 0 Å². The molecule has 2 aromatic heterocycles. The maximum absolute atomic E-state index is 12.1. The summed E-state index contributed by atoms with van der Waals surface area (Å²) in [5, 5.41) is 1.09. The summed E-state index contributed by atoms with van der Waals surface area (Å²) in [5.41, 5.74) is -0.0654. The summed E-state index contributed by atoms with van der Waals surface area (Å²) in [6, 6.07) is 1.47. The van der Waals surface area contributed by atoms with Crippen molar-refractivity contribution in [1.29, 1.82) is 0 Å². The molecule has 0 aliphatic heterocycles. The van der Waals surface area contributed by atoms with E-state index in [0.29, 0.717) is 16.2 Å². The molecule has 2 heterocycles. The molecule has 0 aromatic carbocycles. The molecule has 0 unspecified atom stereocenters. The fraction of sp³-hybridized carbons (Fsp3) is 0.364. The van der Waals surface area contributed by atoms with Crippen LogP contribution in [-0.4, -0.2) is 39.5 Å². The van der Waals surface area contributed by atoms with Crippen molar-refractivity contribution in [3.63, 3.8) is 0 Å². The number of fused-ring (bicyclic) bond motifs is 1. The van der Waals surface area contributed by atoms with Gasteiger partial charge in [0.25, 0.3) is 15.7 Å². The van der Waals surface area contributed by atoms with Crippen molar-refractivity contribution in [2.24, 2.45) is 0 Å². The number of aryl methyl sites for hydroxylation is 1. The molecule has 1 N–H and O–H groups in total. The summed E-state index contributed by atoms with van der Waals surface area (Å²) < 4.78 is 31.5. The molecule has 0 spiro atoms. The Kier molecular flexibility index (Phi) is 4.87. The molecule has 0 aliphatic carbocycles. The zero-order valence-corrected chi connectivity index (χ0v) is 13.4. The lowest BCUT2D eigenvalue weighted by Crippen LogP contribution is -2.23. The average Bonchev–Trinajstić information content (AvgIpc) is 2.41. The Morgan fingerprint density at radius 1 is 1.48 bits per heavy atom. The molecule has 0 saturated heterocycles. The van der Waals surface area contributed by atoms with Crippen LogP contribution in [0.1, 0.15) is 6.42 Å². The number of aromatic nitrogens is 3. The maximum atomic E-state index is 12.1. The Balaban J connectivity index is 2.48. The quantitative estimate of drug-likeness (QED) is 0.495. The molecule has 0 saturated carbocycles. The van der Waals surface area contributed by atoms with Crippen LogP contribution >= 0.6 is 23.4 Å². The molecule has 114 valence electrons. The van der Waals surface area contributed by atoms with Crippen LogP contribution in [0.2, 0.25) is 5.02 Å². The van der Waals surface area contributed by atoms with E-state index in [1.807, 2.05) is 0 Å². The Morgan fingerprint density at radius 3 is 2.81 bits per heavy atom. The molecule has 2 aromatic rings. The van der Waals surface area contributed by atoms with Gasteiger partial charge in [-0.2, -0.15) is 8.42 Å². The van der Waals surface area contributed by atoms with Gasteiger partial charge in [0.2, 0.25) is 0 Å². The van der Waals surface area contributed by atoms with Gasteiger partial charge in [0.05, 0.1) is 5.75 Å². The predicted octanol–water partition coefficient (Wildman–Crippen LogP) is 1.44. The first kappa shape index (κ1) is 16.2. The Bertz CT molecular complexity index is 835. The van der Waals surface area contributed by atoms with E-state index >= 15 is 0 Å². The van der Waals surface area contributed by atoms with Gasteiger partial charge in [-0.25, -0.2) is 9.97 Å². The first-order chi connectivity index (χ1) is 9.81. The standard InChI is InChI=1S/C11H12ClN3O4S2/c1-20-11-13-6-7-5-8(12)10(16)15(9(7)14-11)3-2-4-21(17,18)19/h5-6H,2-4H2,1H3,(H,17,18,19). The first-order valence-corrected chi connectivity index (χ1v) is 9.08. The van der Waals surface area contributed by atoms with Crippen LogP contribution in [0.15, 0.2) is 22.2 Å². The molecule has 0 amide bonds. The highest BCUT2D eigenvalue weighted by Gasteiger charge is 2.12. The fourth-order valence-corrected chi connectivity index (χ4v) is 2.87. The normalized spacial score (nSPS) is 12.0. The Morgan fingerprint density at radius 2 is 2.19 bits per heavy atom. The van der Waals surface area contributed by atoms with Gasteiger partial charge in [0.1, 0.15) is 10.7 Å². The van der Waals surface area contributed by atoms with Crippen LogP contribution in [-0.2, 0) is 16.7 Å². The molecule has 0 radical (unpaired) electrons. The van der Waals surface area contributed by atoms with Crippen LogP contribution in [0.5, 0.6) is 0 Å². The molecule has 0 fully saturated rings. The van der Waals surface area contributed by atoms with Crippen molar-refractivity contribution < 1.29 is 13.0 Å². The van der Waals surface area contributed by atoms with E-state index in [9.17, 15) is 13.2 Å². The zero-order valence-electron chi connectivity index (χ0n) is 11.0. The smallest absolute Gasteiger partial charge is 0.270 e. The van der Waals surface area contributed by atoms with Gasteiger partial charge in [-0.1, -0.05) is 23.4 Å². The SMILES string of the molecule is CSc1ncc2cc(Cl)c(=O)n(CCCS(=O)(=O)O)c2n1. The van der Waals surface area contributed by atoms with Crippen molar-refractivity contribution in [1.82, 2.24) is 14.5 Å².